The third-order valence-electron chi connectivity index (χ3n) is 2.62. The van der Waals surface area contributed by atoms with Crippen molar-refractivity contribution >= 4 is 5.97 Å². The zero-order chi connectivity index (χ0) is 9.68. The van der Waals surface area contributed by atoms with Gasteiger partial charge in [0.15, 0.2) is 0 Å². The van der Waals surface area contributed by atoms with Gasteiger partial charge in [0, 0.05) is 12.5 Å². The van der Waals surface area contributed by atoms with Crippen molar-refractivity contribution in [2.24, 2.45) is 5.92 Å². The Morgan fingerprint density at radius 1 is 1.46 bits per heavy atom. The van der Waals surface area contributed by atoms with E-state index in [9.17, 15) is 4.79 Å². The molecule has 76 valence electrons. The average Bonchev–Trinajstić information content (AvgIpc) is 1.99. The molecule has 0 heterocycles. The van der Waals surface area contributed by atoms with Crippen LogP contribution in [0, 0.1) is 5.92 Å². The first-order valence-corrected chi connectivity index (χ1v) is 5.13. The molecule has 0 atom stereocenters. The fraction of sp³-hybridized carbons (Fsp3) is 0.900. The molecular weight excluding hydrogens is 166 g/mol. The first-order chi connectivity index (χ1) is 6.18. The van der Waals surface area contributed by atoms with Crippen LogP contribution < -0.4 is 5.32 Å². The van der Waals surface area contributed by atoms with Gasteiger partial charge in [-0.05, 0) is 38.1 Å². The van der Waals surface area contributed by atoms with Crippen LogP contribution in [0.1, 0.15) is 39.0 Å². The van der Waals surface area contributed by atoms with E-state index in [1.807, 2.05) is 0 Å². The fourth-order valence-corrected chi connectivity index (χ4v) is 1.78. The molecule has 13 heavy (non-hydrogen) atoms. The van der Waals surface area contributed by atoms with Crippen molar-refractivity contribution < 1.29 is 9.90 Å². The molecule has 1 saturated carbocycles. The van der Waals surface area contributed by atoms with Gasteiger partial charge in [-0.25, -0.2) is 0 Å². The van der Waals surface area contributed by atoms with E-state index >= 15 is 0 Å². The number of rotatable bonds is 6. The van der Waals surface area contributed by atoms with E-state index < -0.39 is 5.97 Å². The van der Waals surface area contributed by atoms with Crippen molar-refractivity contribution in [2.45, 2.75) is 45.1 Å². The van der Waals surface area contributed by atoms with Crippen molar-refractivity contribution in [3.63, 3.8) is 0 Å². The zero-order valence-electron chi connectivity index (χ0n) is 8.25. The molecule has 3 heteroatoms. The fourth-order valence-electron chi connectivity index (χ4n) is 1.78. The molecule has 3 nitrogen and oxygen atoms in total. The Labute approximate surface area is 79.5 Å². The first kappa shape index (κ1) is 10.5. The second kappa shape index (κ2) is 5.22. The summed E-state index contributed by atoms with van der Waals surface area (Å²) < 4.78 is 0. The standard InChI is InChI=1S/C10H19NO2/c1-8-6-9(7-8)11-5-3-2-4-10(12)13/h8-9,11H,2-7H2,1H3,(H,12,13). The normalized spacial score (nSPS) is 26.8. The molecule has 0 amide bonds. The molecule has 0 spiro atoms. The van der Waals surface area contributed by atoms with Crippen LogP contribution in [0.5, 0.6) is 0 Å². The van der Waals surface area contributed by atoms with E-state index in [0.29, 0.717) is 12.5 Å². The number of nitrogens with one attached hydrogen (secondary N) is 1. The van der Waals surface area contributed by atoms with Crippen molar-refractivity contribution in [1.82, 2.24) is 5.32 Å². The minimum Gasteiger partial charge on any atom is -0.481 e. The lowest BCUT2D eigenvalue weighted by Crippen LogP contribution is -2.40. The Balaban J connectivity index is 1.82. The van der Waals surface area contributed by atoms with Crippen molar-refractivity contribution in [3.05, 3.63) is 0 Å². The summed E-state index contributed by atoms with van der Waals surface area (Å²) >= 11 is 0. The molecule has 0 unspecified atom stereocenters. The predicted octanol–water partition coefficient (Wildman–Crippen LogP) is 1.63. The summed E-state index contributed by atoms with van der Waals surface area (Å²) in [6.07, 6.45) is 4.67. The van der Waals surface area contributed by atoms with Crippen LogP contribution in [-0.4, -0.2) is 23.7 Å². The lowest BCUT2D eigenvalue weighted by atomic mass is 9.82. The second-order valence-electron chi connectivity index (χ2n) is 4.08. The number of hydrogen-bond acceptors (Lipinski definition) is 2. The van der Waals surface area contributed by atoms with Crippen LogP contribution in [0.15, 0.2) is 0 Å². The molecule has 0 aromatic rings. The lowest BCUT2D eigenvalue weighted by Gasteiger charge is -2.33. The Morgan fingerprint density at radius 3 is 2.69 bits per heavy atom. The maximum absolute atomic E-state index is 10.2. The molecule has 0 bridgehead atoms. The summed E-state index contributed by atoms with van der Waals surface area (Å²) in [5, 5.41) is 11.8. The number of carboxylic acids is 1. The Morgan fingerprint density at radius 2 is 2.15 bits per heavy atom. The SMILES string of the molecule is CC1CC(NCCCCC(=O)O)C1. The zero-order valence-corrected chi connectivity index (χ0v) is 8.25. The van der Waals surface area contributed by atoms with Gasteiger partial charge in [0.05, 0.1) is 0 Å². The highest BCUT2D eigenvalue weighted by molar-refractivity contribution is 5.66. The van der Waals surface area contributed by atoms with Gasteiger partial charge in [-0.15, -0.1) is 0 Å². The van der Waals surface area contributed by atoms with E-state index in [4.69, 9.17) is 5.11 Å². The summed E-state index contributed by atoms with van der Waals surface area (Å²) in [6.45, 7) is 3.24. The molecule has 1 rings (SSSR count). The van der Waals surface area contributed by atoms with E-state index in [-0.39, 0.29) is 0 Å². The van der Waals surface area contributed by atoms with E-state index in [1.165, 1.54) is 12.8 Å². The van der Waals surface area contributed by atoms with Gasteiger partial charge in [0.1, 0.15) is 0 Å². The maximum atomic E-state index is 10.2. The van der Waals surface area contributed by atoms with E-state index in [0.717, 1.165) is 25.3 Å². The maximum Gasteiger partial charge on any atom is 0.303 e. The van der Waals surface area contributed by atoms with Crippen LogP contribution in [-0.2, 0) is 4.79 Å². The molecular formula is C10H19NO2. The topological polar surface area (TPSA) is 49.3 Å². The summed E-state index contributed by atoms with van der Waals surface area (Å²) in [4.78, 5) is 10.2. The number of unbranched alkanes of at least 4 members (excludes halogenated alkanes) is 1. The van der Waals surface area contributed by atoms with Crippen LogP contribution in [0.25, 0.3) is 0 Å². The van der Waals surface area contributed by atoms with Crippen LogP contribution >= 0.6 is 0 Å². The van der Waals surface area contributed by atoms with E-state index in [2.05, 4.69) is 12.2 Å². The van der Waals surface area contributed by atoms with Gasteiger partial charge in [0.2, 0.25) is 0 Å². The molecule has 0 saturated heterocycles. The molecule has 1 fully saturated rings. The van der Waals surface area contributed by atoms with Gasteiger partial charge in [0.25, 0.3) is 0 Å². The first-order valence-electron chi connectivity index (χ1n) is 5.13. The average molecular weight is 185 g/mol. The Bertz CT molecular complexity index is 164. The van der Waals surface area contributed by atoms with Gasteiger partial charge < -0.3 is 10.4 Å². The van der Waals surface area contributed by atoms with Gasteiger partial charge in [-0.1, -0.05) is 6.92 Å². The molecule has 1 aliphatic rings. The van der Waals surface area contributed by atoms with Gasteiger partial charge in [-0.3, -0.25) is 4.79 Å². The molecule has 2 N–H and O–H groups in total. The number of aliphatic carboxylic acids is 1. The minimum absolute atomic E-state index is 0.308. The Kier molecular flexibility index (Phi) is 4.22. The monoisotopic (exact) mass is 185 g/mol. The third kappa shape index (κ3) is 4.27. The highest BCUT2D eigenvalue weighted by Gasteiger charge is 2.23. The highest BCUT2D eigenvalue weighted by atomic mass is 16.4. The van der Waals surface area contributed by atoms with Gasteiger partial charge >= 0.3 is 5.97 Å². The van der Waals surface area contributed by atoms with Crippen molar-refractivity contribution in [2.75, 3.05) is 6.54 Å². The van der Waals surface area contributed by atoms with Crippen LogP contribution in [0.2, 0.25) is 0 Å². The molecule has 0 aromatic carbocycles. The summed E-state index contributed by atoms with van der Waals surface area (Å²) in [5.74, 6) is 0.203. The van der Waals surface area contributed by atoms with Crippen LogP contribution in [0.4, 0.5) is 0 Å². The number of carbonyl (C=O) groups is 1. The van der Waals surface area contributed by atoms with E-state index in [1.54, 1.807) is 0 Å². The largest absolute Gasteiger partial charge is 0.481 e. The van der Waals surface area contributed by atoms with Crippen molar-refractivity contribution in [1.29, 1.82) is 0 Å². The third-order valence-corrected chi connectivity index (χ3v) is 2.62. The predicted molar refractivity (Wildman–Crippen MR) is 51.7 cm³/mol. The molecule has 0 radical (unpaired) electrons. The second-order valence-corrected chi connectivity index (χ2v) is 4.08. The number of hydrogen-bond donors (Lipinski definition) is 2. The summed E-state index contributed by atoms with van der Waals surface area (Å²) in [5.41, 5.74) is 0. The lowest BCUT2D eigenvalue weighted by molar-refractivity contribution is -0.137. The highest BCUT2D eigenvalue weighted by Crippen LogP contribution is 2.25. The Hall–Kier alpha value is -0.570. The van der Waals surface area contributed by atoms with Crippen LogP contribution in [0.3, 0.4) is 0 Å². The molecule has 0 aromatic heterocycles. The number of carboxylic acid groups (broad SMARTS) is 1. The molecule has 1 aliphatic carbocycles. The van der Waals surface area contributed by atoms with Gasteiger partial charge in [-0.2, -0.15) is 0 Å². The summed E-state index contributed by atoms with van der Waals surface area (Å²) in [7, 11) is 0. The van der Waals surface area contributed by atoms with Crippen molar-refractivity contribution in [3.8, 4) is 0 Å². The quantitative estimate of drug-likeness (QED) is 0.618. The summed E-state index contributed by atoms with van der Waals surface area (Å²) in [6, 6.07) is 0.708. The molecule has 0 aliphatic heterocycles. The smallest absolute Gasteiger partial charge is 0.303 e. The minimum atomic E-state index is -0.683.